The van der Waals surface area contributed by atoms with E-state index < -0.39 is 0 Å². The quantitative estimate of drug-likeness (QED) is 0.343. The van der Waals surface area contributed by atoms with E-state index in [2.05, 4.69) is 15.5 Å². The van der Waals surface area contributed by atoms with Crippen LogP contribution < -0.4 is 5.32 Å². The maximum absolute atomic E-state index is 12.3. The van der Waals surface area contributed by atoms with Crippen molar-refractivity contribution in [2.45, 2.75) is 30.1 Å². The molecule has 1 heterocycles. The summed E-state index contributed by atoms with van der Waals surface area (Å²) >= 11 is 21.2. The molecule has 5 nitrogen and oxygen atoms in total. The normalized spacial score (nSPS) is 10.9. The molecule has 3 rings (SSSR count). The third kappa shape index (κ3) is 6.31. The highest BCUT2D eigenvalue weighted by Crippen LogP contribution is 2.27. The first-order valence-corrected chi connectivity index (χ1v) is 12.4. The van der Waals surface area contributed by atoms with Crippen LogP contribution in [0.15, 0.2) is 47.6 Å². The lowest BCUT2D eigenvalue weighted by Gasteiger charge is -2.09. The number of hydrogen-bond donors (Lipinski definition) is 1. The van der Waals surface area contributed by atoms with Gasteiger partial charge in [0.25, 0.3) is 0 Å². The van der Waals surface area contributed by atoms with E-state index in [1.165, 1.54) is 11.8 Å². The average Bonchev–Trinajstić information content (AvgIpc) is 3.12. The van der Waals surface area contributed by atoms with Gasteiger partial charge in [-0.25, -0.2) is 0 Å². The first-order valence-electron chi connectivity index (χ1n) is 9.09. The molecule has 0 spiro atoms. The largest absolute Gasteiger partial charge is 0.324 e. The molecule has 1 aromatic heterocycles. The number of halogens is 3. The molecular formula is C20H19Cl3N4OS2. The van der Waals surface area contributed by atoms with Gasteiger partial charge in [-0.1, -0.05) is 64.8 Å². The van der Waals surface area contributed by atoms with Gasteiger partial charge in [-0.3, -0.25) is 4.79 Å². The zero-order valence-electron chi connectivity index (χ0n) is 16.1. The van der Waals surface area contributed by atoms with Gasteiger partial charge in [0.05, 0.1) is 32.3 Å². The van der Waals surface area contributed by atoms with Gasteiger partial charge in [-0.2, -0.15) is 0 Å². The summed E-state index contributed by atoms with van der Waals surface area (Å²) in [6.07, 6.45) is 0. The lowest BCUT2D eigenvalue weighted by molar-refractivity contribution is -0.113. The number of rotatable bonds is 9. The Kier molecular flexibility index (Phi) is 8.77. The van der Waals surface area contributed by atoms with Crippen LogP contribution in [0.3, 0.4) is 0 Å². The summed E-state index contributed by atoms with van der Waals surface area (Å²) in [5, 5.41) is 13.7. The molecule has 1 N–H and O–H groups in total. The Labute approximate surface area is 198 Å². The topological polar surface area (TPSA) is 59.8 Å². The highest BCUT2D eigenvalue weighted by molar-refractivity contribution is 7.99. The minimum Gasteiger partial charge on any atom is -0.324 e. The summed E-state index contributed by atoms with van der Waals surface area (Å²) in [7, 11) is 0. The highest BCUT2D eigenvalue weighted by atomic mass is 35.5. The minimum absolute atomic E-state index is 0.144. The Hall–Kier alpha value is -1.38. The van der Waals surface area contributed by atoms with Gasteiger partial charge in [0.1, 0.15) is 5.82 Å². The van der Waals surface area contributed by atoms with Crippen LogP contribution in [-0.4, -0.2) is 26.4 Å². The fourth-order valence-electron chi connectivity index (χ4n) is 2.62. The van der Waals surface area contributed by atoms with E-state index >= 15 is 0 Å². The third-order valence-electron chi connectivity index (χ3n) is 4.07. The summed E-state index contributed by atoms with van der Waals surface area (Å²) in [6, 6.07) is 12.8. The van der Waals surface area contributed by atoms with Crippen LogP contribution in [0, 0.1) is 0 Å². The predicted octanol–water partition coefficient (Wildman–Crippen LogP) is 6.42. The van der Waals surface area contributed by atoms with Crippen molar-refractivity contribution in [1.82, 2.24) is 14.8 Å². The van der Waals surface area contributed by atoms with E-state index in [0.717, 1.165) is 28.8 Å². The van der Waals surface area contributed by atoms with Crippen molar-refractivity contribution < 1.29 is 4.79 Å². The van der Waals surface area contributed by atoms with Crippen molar-refractivity contribution in [3.8, 4) is 0 Å². The van der Waals surface area contributed by atoms with E-state index in [9.17, 15) is 4.79 Å². The molecule has 0 aliphatic heterocycles. The van der Waals surface area contributed by atoms with Crippen LogP contribution in [0.4, 0.5) is 5.69 Å². The Morgan fingerprint density at radius 1 is 1.03 bits per heavy atom. The molecule has 0 saturated carbocycles. The van der Waals surface area contributed by atoms with E-state index in [4.69, 9.17) is 34.8 Å². The van der Waals surface area contributed by atoms with Crippen LogP contribution in [0.1, 0.15) is 18.3 Å². The molecule has 0 atom stereocenters. The SMILES string of the molecule is CCn1c(CSCc2ccc(Cl)c(Cl)c2)nnc1SCC(=O)Nc1ccccc1Cl. The van der Waals surface area contributed by atoms with Crippen molar-refractivity contribution in [3.63, 3.8) is 0 Å². The van der Waals surface area contributed by atoms with Gasteiger partial charge in [0.15, 0.2) is 5.16 Å². The van der Waals surface area contributed by atoms with Crippen LogP contribution in [0.2, 0.25) is 15.1 Å². The monoisotopic (exact) mass is 500 g/mol. The molecule has 10 heteroatoms. The predicted molar refractivity (Wildman–Crippen MR) is 128 cm³/mol. The second-order valence-electron chi connectivity index (χ2n) is 6.20. The van der Waals surface area contributed by atoms with Gasteiger partial charge < -0.3 is 9.88 Å². The van der Waals surface area contributed by atoms with Gasteiger partial charge in [-0.15, -0.1) is 22.0 Å². The van der Waals surface area contributed by atoms with Crippen molar-refractivity contribution in [3.05, 3.63) is 68.9 Å². The fourth-order valence-corrected chi connectivity index (χ4v) is 4.86. The minimum atomic E-state index is -0.144. The summed E-state index contributed by atoms with van der Waals surface area (Å²) in [5.74, 6) is 2.44. The number of benzene rings is 2. The van der Waals surface area contributed by atoms with Gasteiger partial charge in [0, 0.05) is 12.3 Å². The number of thioether (sulfide) groups is 2. The van der Waals surface area contributed by atoms with Crippen LogP contribution in [-0.2, 0) is 22.8 Å². The number of aromatic nitrogens is 3. The Morgan fingerprint density at radius 2 is 1.83 bits per heavy atom. The van der Waals surface area contributed by atoms with E-state index in [1.54, 1.807) is 30.0 Å². The number of hydrogen-bond acceptors (Lipinski definition) is 5. The van der Waals surface area contributed by atoms with Crippen LogP contribution in [0.5, 0.6) is 0 Å². The Morgan fingerprint density at radius 3 is 2.57 bits per heavy atom. The van der Waals surface area contributed by atoms with E-state index in [1.807, 2.05) is 35.8 Å². The lowest BCUT2D eigenvalue weighted by Crippen LogP contribution is -2.15. The maximum Gasteiger partial charge on any atom is 0.234 e. The molecule has 30 heavy (non-hydrogen) atoms. The smallest absolute Gasteiger partial charge is 0.234 e. The summed E-state index contributed by atoms with van der Waals surface area (Å²) in [5.41, 5.74) is 1.70. The molecule has 0 radical (unpaired) electrons. The number of para-hydroxylation sites is 1. The van der Waals surface area contributed by atoms with Crippen LogP contribution >= 0.6 is 58.3 Å². The van der Waals surface area contributed by atoms with Crippen LogP contribution in [0.25, 0.3) is 0 Å². The maximum atomic E-state index is 12.3. The Bertz CT molecular complexity index is 1030. The zero-order chi connectivity index (χ0) is 21.5. The standard InChI is InChI=1S/C20H19Cl3N4OS2/c1-2-27-18(11-29-10-13-7-8-14(21)16(23)9-13)25-26-20(27)30-12-19(28)24-17-6-4-3-5-15(17)22/h3-9H,2,10-12H2,1H3,(H,24,28). The van der Waals surface area contributed by atoms with Gasteiger partial charge >= 0.3 is 0 Å². The highest BCUT2D eigenvalue weighted by Gasteiger charge is 2.14. The molecule has 2 aromatic carbocycles. The molecule has 0 saturated heterocycles. The van der Waals surface area contributed by atoms with Gasteiger partial charge in [-0.05, 0) is 36.8 Å². The number of amides is 1. The molecule has 0 unspecified atom stereocenters. The molecule has 1 amide bonds. The summed E-state index contributed by atoms with van der Waals surface area (Å²) in [6.45, 7) is 2.76. The fraction of sp³-hybridized carbons (Fsp3) is 0.250. The van der Waals surface area contributed by atoms with E-state index in [0.29, 0.717) is 26.5 Å². The van der Waals surface area contributed by atoms with Crippen molar-refractivity contribution in [2.24, 2.45) is 0 Å². The third-order valence-corrected chi connectivity index (χ3v) is 7.11. The molecule has 0 fully saturated rings. The van der Waals surface area contributed by atoms with Gasteiger partial charge in [0.2, 0.25) is 5.91 Å². The van der Waals surface area contributed by atoms with Crippen molar-refractivity contribution >= 4 is 69.9 Å². The molecule has 0 aliphatic rings. The first kappa shape index (κ1) is 23.3. The number of anilines is 1. The first-order chi connectivity index (χ1) is 14.5. The molecule has 0 bridgehead atoms. The zero-order valence-corrected chi connectivity index (χ0v) is 20.0. The number of carbonyl (C=O) groups excluding carboxylic acids is 1. The summed E-state index contributed by atoms with van der Waals surface area (Å²) in [4.78, 5) is 12.3. The Balaban J connectivity index is 1.53. The summed E-state index contributed by atoms with van der Waals surface area (Å²) < 4.78 is 2.02. The average molecular weight is 502 g/mol. The lowest BCUT2D eigenvalue weighted by atomic mass is 10.2. The number of nitrogens with one attached hydrogen (secondary N) is 1. The number of carbonyl (C=O) groups is 1. The second-order valence-corrected chi connectivity index (χ2v) is 9.35. The van der Waals surface area contributed by atoms with Crippen molar-refractivity contribution in [1.29, 1.82) is 0 Å². The number of nitrogens with zero attached hydrogens (tertiary/aromatic N) is 3. The van der Waals surface area contributed by atoms with Crippen molar-refractivity contribution in [2.75, 3.05) is 11.1 Å². The molecule has 3 aromatic rings. The molecular weight excluding hydrogens is 483 g/mol. The van der Waals surface area contributed by atoms with E-state index in [-0.39, 0.29) is 11.7 Å². The molecule has 0 aliphatic carbocycles. The molecule has 158 valence electrons. The second kappa shape index (κ2) is 11.3.